The summed E-state index contributed by atoms with van der Waals surface area (Å²) in [6.45, 7) is 0.852. The molecule has 0 unspecified atom stereocenters. The van der Waals surface area contributed by atoms with Crippen molar-refractivity contribution in [1.82, 2.24) is 30.7 Å². The first-order valence-corrected chi connectivity index (χ1v) is 10.4. The van der Waals surface area contributed by atoms with Crippen LogP contribution in [-0.2, 0) is 9.53 Å². The number of hydrogen-bond donors (Lipinski definition) is 2. The van der Waals surface area contributed by atoms with Gasteiger partial charge in [0, 0.05) is 43.6 Å². The molecule has 0 radical (unpaired) electrons. The number of rotatable bonds is 8. The van der Waals surface area contributed by atoms with Crippen LogP contribution < -0.4 is 10.6 Å². The number of hydrogen-bond acceptors (Lipinski definition) is 8. The molecule has 10 nitrogen and oxygen atoms in total. The first kappa shape index (κ1) is 21.6. The van der Waals surface area contributed by atoms with Gasteiger partial charge in [-0.05, 0) is 12.8 Å². The van der Waals surface area contributed by atoms with Crippen molar-refractivity contribution in [3.05, 3.63) is 60.5 Å². The molecule has 1 aliphatic carbocycles. The van der Waals surface area contributed by atoms with Crippen molar-refractivity contribution >= 4 is 11.8 Å². The van der Waals surface area contributed by atoms with Gasteiger partial charge in [0.1, 0.15) is 5.69 Å². The molecular formula is C22H24N6O4. The second-order valence-corrected chi connectivity index (χ2v) is 7.55. The summed E-state index contributed by atoms with van der Waals surface area (Å²) in [6.07, 6.45) is 5.27. The summed E-state index contributed by atoms with van der Waals surface area (Å²) in [5.74, 6) is -0.217. The van der Waals surface area contributed by atoms with E-state index < -0.39 is 0 Å². The molecule has 0 bridgehead atoms. The maximum absolute atomic E-state index is 12.7. The van der Waals surface area contributed by atoms with Gasteiger partial charge in [-0.2, -0.15) is 4.98 Å². The van der Waals surface area contributed by atoms with Gasteiger partial charge in [0.05, 0.1) is 18.7 Å². The van der Waals surface area contributed by atoms with Gasteiger partial charge in [0.2, 0.25) is 17.6 Å². The summed E-state index contributed by atoms with van der Waals surface area (Å²) in [5, 5.41) is 9.93. The van der Waals surface area contributed by atoms with Gasteiger partial charge >= 0.3 is 0 Å². The van der Waals surface area contributed by atoms with Crippen LogP contribution in [0.5, 0.6) is 0 Å². The van der Waals surface area contributed by atoms with Gasteiger partial charge in [0.25, 0.3) is 5.91 Å². The van der Waals surface area contributed by atoms with Crippen LogP contribution in [-0.4, -0.2) is 58.2 Å². The third-order valence-electron chi connectivity index (χ3n) is 5.44. The highest BCUT2D eigenvalue weighted by molar-refractivity contribution is 5.92. The van der Waals surface area contributed by atoms with E-state index in [0.29, 0.717) is 37.7 Å². The predicted octanol–water partition coefficient (Wildman–Crippen LogP) is 1.58. The Hall–Kier alpha value is -3.66. The van der Waals surface area contributed by atoms with Gasteiger partial charge in [-0.3, -0.25) is 14.6 Å². The molecule has 3 aromatic rings. The molecule has 2 heterocycles. The minimum absolute atomic E-state index is 0.0916. The Bertz CT molecular complexity index is 1040. The fourth-order valence-corrected chi connectivity index (χ4v) is 3.85. The van der Waals surface area contributed by atoms with Crippen molar-refractivity contribution in [2.75, 3.05) is 20.3 Å². The van der Waals surface area contributed by atoms with Gasteiger partial charge in [-0.1, -0.05) is 35.5 Å². The number of carbonyl (C=O) groups excluding carboxylic acids is 2. The predicted molar refractivity (Wildman–Crippen MR) is 113 cm³/mol. The highest BCUT2D eigenvalue weighted by Gasteiger charge is 2.42. The van der Waals surface area contributed by atoms with Crippen molar-refractivity contribution in [1.29, 1.82) is 0 Å². The molecule has 2 aromatic heterocycles. The van der Waals surface area contributed by atoms with Crippen LogP contribution in [0.3, 0.4) is 0 Å². The molecule has 1 aromatic carbocycles. The summed E-state index contributed by atoms with van der Waals surface area (Å²) < 4.78 is 10.6. The molecule has 0 aliphatic heterocycles. The molecule has 2 amide bonds. The lowest BCUT2D eigenvalue weighted by Gasteiger charge is -2.17. The minimum atomic E-state index is -0.369. The lowest BCUT2D eigenvalue weighted by molar-refractivity contribution is -0.125. The zero-order valence-electron chi connectivity index (χ0n) is 17.6. The first-order valence-electron chi connectivity index (χ1n) is 10.4. The topological polar surface area (TPSA) is 132 Å². The molecule has 1 aliphatic rings. The molecule has 4 rings (SSSR count). The standard InChI is InChI=1S/C22H24N6O4/c1-31-10-9-25-20(29)15-11-16(17(12-15)26-21(30)18-13-23-7-8-24-18)22-27-19(28-32-22)14-5-3-2-4-6-14/h2-8,13,15-17H,9-12H2,1H3,(H,25,29)(H,26,30)/t15-,16-,17+/m1/s1. The van der Waals surface area contributed by atoms with Crippen LogP contribution in [0.4, 0.5) is 0 Å². The largest absolute Gasteiger partial charge is 0.383 e. The highest BCUT2D eigenvalue weighted by Crippen LogP contribution is 2.39. The van der Waals surface area contributed by atoms with Crippen molar-refractivity contribution in [3.63, 3.8) is 0 Å². The van der Waals surface area contributed by atoms with Crippen LogP contribution in [0.2, 0.25) is 0 Å². The summed E-state index contributed by atoms with van der Waals surface area (Å²) in [4.78, 5) is 37.9. The summed E-state index contributed by atoms with van der Waals surface area (Å²) in [5.41, 5.74) is 1.03. The highest BCUT2D eigenvalue weighted by atomic mass is 16.5. The Morgan fingerprint density at radius 3 is 2.78 bits per heavy atom. The number of aromatic nitrogens is 4. The Balaban J connectivity index is 1.53. The lowest BCUT2D eigenvalue weighted by atomic mass is 10.0. The monoisotopic (exact) mass is 436 g/mol. The van der Waals surface area contributed by atoms with Crippen LogP contribution >= 0.6 is 0 Å². The number of benzene rings is 1. The number of nitrogens with one attached hydrogen (secondary N) is 2. The van der Waals surface area contributed by atoms with E-state index in [1.165, 1.54) is 18.6 Å². The molecule has 166 valence electrons. The van der Waals surface area contributed by atoms with Crippen LogP contribution in [0.15, 0.2) is 53.4 Å². The molecule has 10 heteroatoms. The first-order chi connectivity index (χ1) is 15.7. The Morgan fingerprint density at radius 1 is 1.19 bits per heavy atom. The molecule has 32 heavy (non-hydrogen) atoms. The van der Waals surface area contributed by atoms with E-state index >= 15 is 0 Å². The van der Waals surface area contributed by atoms with Gasteiger partial charge in [0.15, 0.2) is 0 Å². The second kappa shape index (κ2) is 10.1. The third-order valence-corrected chi connectivity index (χ3v) is 5.44. The van der Waals surface area contributed by atoms with E-state index in [9.17, 15) is 9.59 Å². The smallest absolute Gasteiger partial charge is 0.271 e. The van der Waals surface area contributed by atoms with Crippen molar-refractivity contribution in [2.45, 2.75) is 24.8 Å². The number of methoxy groups -OCH3 is 1. The SMILES string of the molecule is COCCNC(=O)[C@H]1C[C@H](NC(=O)c2cnccn2)[C@H](c2nc(-c3ccccc3)no2)C1. The summed E-state index contributed by atoms with van der Waals surface area (Å²) in [7, 11) is 1.58. The maximum Gasteiger partial charge on any atom is 0.271 e. The third kappa shape index (κ3) is 4.97. The lowest BCUT2D eigenvalue weighted by Crippen LogP contribution is -2.38. The average molecular weight is 436 g/mol. The van der Waals surface area contributed by atoms with E-state index in [1.807, 2.05) is 30.3 Å². The fourth-order valence-electron chi connectivity index (χ4n) is 3.85. The van der Waals surface area contributed by atoms with Crippen molar-refractivity contribution in [3.8, 4) is 11.4 Å². The molecule has 1 fully saturated rings. The van der Waals surface area contributed by atoms with E-state index in [4.69, 9.17) is 9.26 Å². The van der Waals surface area contributed by atoms with Crippen molar-refractivity contribution in [2.24, 2.45) is 5.92 Å². The second-order valence-electron chi connectivity index (χ2n) is 7.55. The van der Waals surface area contributed by atoms with E-state index in [-0.39, 0.29) is 35.4 Å². The number of ether oxygens (including phenoxy) is 1. The Kier molecular flexibility index (Phi) is 6.81. The van der Waals surface area contributed by atoms with E-state index in [1.54, 1.807) is 7.11 Å². The normalized spacial score (nSPS) is 20.1. The van der Waals surface area contributed by atoms with Crippen molar-refractivity contribution < 1.29 is 18.8 Å². The van der Waals surface area contributed by atoms with Gasteiger partial charge < -0.3 is 19.9 Å². The number of carbonyl (C=O) groups is 2. The van der Waals surface area contributed by atoms with Crippen LogP contribution in [0, 0.1) is 5.92 Å². The maximum atomic E-state index is 12.7. The minimum Gasteiger partial charge on any atom is -0.383 e. The molecular weight excluding hydrogens is 412 g/mol. The molecule has 0 spiro atoms. The summed E-state index contributed by atoms with van der Waals surface area (Å²) in [6, 6.07) is 9.11. The quantitative estimate of drug-likeness (QED) is 0.509. The van der Waals surface area contributed by atoms with Crippen LogP contribution in [0.25, 0.3) is 11.4 Å². The van der Waals surface area contributed by atoms with E-state index in [2.05, 4.69) is 30.7 Å². The molecule has 2 N–H and O–H groups in total. The van der Waals surface area contributed by atoms with Gasteiger partial charge in [-0.25, -0.2) is 4.98 Å². The van der Waals surface area contributed by atoms with Crippen LogP contribution in [0.1, 0.15) is 35.1 Å². The zero-order chi connectivity index (χ0) is 22.3. The molecule has 3 atom stereocenters. The summed E-state index contributed by atoms with van der Waals surface area (Å²) >= 11 is 0. The average Bonchev–Trinajstić information content (AvgIpc) is 3.48. The fraction of sp³-hybridized carbons (Fsp3) is 0.364. The number of nitrogens with zero attached hydrogens (tertiary/aromatic N) is 4. The Labute approximate surface area is 184 Å². The Morgan fingerprint density at radius 2 is 2.03 bits per heavy atom. The number of amides is 2. The zero-order valence-corrected chi connectivity index (χ0v) is 17.6. The van der Waals surface area contributed by atoms with E-state index in [0.717, 1.165) is 5.56 Å². The van der Waals surface area contributed by atoms with Gasteiger partial charge in [-0.15, -0.1) is 0 Å². The molecule has 0 saturated heterocycles. The molecule has 1 saturated carbocycles.